The summed E-state index contributed by atoms with van der Waals surface area (Å²) in [4.78, 5) is 17.3. The third kappa shape index (κ3) is 3.74. The Kier molecular flexibility index (Phi) is 5.18. The topological polar surface area (TPSA) is 88.8 Å². The van der Waals surface area contributed by atoms with Crippen LogP contribution < -0.4 is 5.32 Å². The van der Waals surface area contributed by atoms with Crippen LogP contribution in [0.2, 0.25) is 0 Å². The summed E-state index contributed by atoms with van der Waals surface area (Å²) in [7, 11) is 0. The molecule has 2 N–H and O–H groups in total. The number of rotatable bonds is 3. The van der Waals surface area contributed by atoms with E-state index < -0.39 is 35.1 Å². The molecular weight excluding hydrogens is 420 g/mol. The molecule has 0 spiro atoms. The Labute approximate surface area is 173 Å². The summed E-state index contributed by atoms with van der Waals surface area (Å²) in [6.07, 6.45) is -1.69. The van der Waals surface area contributed by atoms with Crippen molar-refractivity contribution in [3.05, 3.63) is 64.9 Å². The smallest absolute Gasteiger partial charge is 0.388 e. The fourth-order valence-corrected chi connectivity index (χ4v) is 3.72. The first-order valence-electron chi connectivity index (χ1n) is 9.37. The van der Waals surface area contributed by atoms with Crippen LogP contribution in [0.3, 0.4) is 0 Å². The number of nitrogens with zero attached hydrogens (tertiary/aromatic N) is 3. The number of hydrogen-bond donors (Lipinski definition) is 2. The average molecular weight is 438 g/mol. The van der Waals surface area contributed by atoms with Crippen molar-refractivity contribution < 1.29 is 32.2 Å². The van der Waals surface area contributed by atoms with E-state index in [1.165, 1.54) is 10.7 Å². The summed E-state index contributed by atoms with van der Waals surface area (Å²) < 4.78 is 60.3. The summed E-state index contributed by atoms with van der Waals surface area (Å²) in [6.45, 7) is 1.63. The van der Waals surface area contributed by atoms with Gasteiger partial charge in [-0.05, 0) is 24.6 Å². The molecule has 0 unspecified atom stereocenters. The highest BCUT2D eigenvalue weighted by Crippen LogP contribution is 2.37. The van der Waals surface area contributed by atoms with Crippen molar-refractivity contribution in [2.24, 2.45) is 0 Å². The maximum absolute atomic E-state index is 14.8. The minimum atomic E-state index is -4.73. The normalized spacial score (nSPS) is 21.9. The molecule has 3 heterocycles. The molecule has 7 nitrogen and oxygen atoms in total. The van der Waals surface area contributed by atoms with E-state index in [4.69, 9.17) is 4.74 Å². The zero-order valence-corrected chi connectivity index (χ0v) is 16.3. The molecule has 0 bridgehead atoms. The number of aliphatic hydroxyl groups is 1. The van der Waals surface area contributed by atoms with Crippen LogP contribution in [0.4, 0.5) is 17.6 Å². The second-order valence-electron chi connectivity index (χ2n) is 7.42. The van der Waals surface area contributed by atoms with Crippen LogP contribution in [-0.2, 0) is 16.5 Å². The standard InChI is InChI=1S/C20H18F4N4O3/c1-11-7-25-17-13(8-26-28(17)9-11)18(30)27-19(4-5-31-10-16(19)29)14-3-2-12(6-15(14)21)20(22,23)24/h2-3,6-9,16,29H,4-5,10H2,1H3,(H,27,30)/t16-,19+/m1/s1. The lowest BCUT2D eigenvalue weighted by Crippen LogP contribution is -2.58. The number of benzene rings is 1. The summed E-state index contributed by atoms with van der Waals surface area (Å²) >= 11 is 0. The van der Waals surface area contributed by atoms with Gasteiger partial charge in [0.2, 0.25) is 0 Å². The van der Waals surface area contributed by atoms with Crippen molar-refractivity contribution in [2.75, 3.05) is 13.2 Å². The number of aromatic nitrogens is 3. The van der Waals surface area contributed by atoms with E-state index >= 15 is 0 Å². The Morgan fingerprint density at radius 2 is 2.13 bits per heavy atom. The lowest BCUT2D eigenvalue weighted by molar-refractivity contribution is -0.137. The fourth-order valence-electron chi connectivity index (χ4n) is 3.72. The quantitative estimate of drug-likeness (QED) is 0.614. The van der Waals surface area contributed by atoms with Crippen LogP contribution in [-0.4, -0.2) is 44.9 Å². The Morgan fingerprint density at radius 3 is 2.81 bits per heavy atom. The molecule has 164 valence electrons. The number of carbonyl (C=O) groups is 1. The van der Waals surface area contributed by atoms with Crippen molar-refractivity contribution in [2.45, 2.75) is 31.2 Å². The largest absolute Gasteiger partial charge is 0.416 e. The van der Waals surface area contributed by atoms with E-state index in [-0.39, 0.29) is 36.4 Å². The number of ether oxygens (including phenoxy) is 1. The fraction of sp³-hybridized carbons (Fsp3) is 0.350. The minimum absolute atomic E-state index is 0.0477. The first-order valence-corrected chi connectivity index (χ1v) is 9.37. The molecular formula is C20H18F4N4O3. The predicted octanol–water partition coefficient (Wildman–Crippen LogP) is 2.60. The van der Waals surface area contributed by atoms with Gasteiger partial charge in [0.1, 0.15) is 17.5 Å². The molecule has 0 radical (unpaired) electrons. The van der Waals surface area contributed by atoms with Gasteiger partial charge in [-0.2, -0.15) is 18.3 Å². The van der Waals surface area contributed by atoms with E-state index in [2.05, 4.69) is 15.4 Å². The van der Waals surface area contributed by atoms with Crippen LogP contribution >= 0.6 is 0 Å². The SMILES string of the molecule is Cc1cnc2c(C(=O)N[C@]3(c4ccc(C(F)(F)F)cc4F)CCOC[C@H]3O)cnn2c1. The molecule has 1 fully saturated rings. The number of amides is 1. The molecule has 2 aromatic heterocycles. The van der Waals surface area contributed by atoms with Crippen molar-refractivity contribution in [1.82, 2.24) is 19.9 Å². The highest BCUT2D eigenvalue weighted by molar-refractivity contribution is 6.00. The monoisotopic (exact) mass is 438 g/mol. The summed E-state index contributed by atoms with van der Waals surface area (Å²) in [5.41, 5.74) is -1.99. The van der Waals surface area contributed by atoms with Gasteiger partial charge < -0.3 is 15.2 Å². The van der Waals surface area contributed by atoms with E-state index in [1.54, 1.807) is 19.3 Å². The summed E-state index contributed by atoms with van der Waals surface area (Å²) in [5.74, 6) is -1.89. The Balaban J connectivity index is 1.76. The molecule has 0 saturated carbocycles. The number of carbonyl (C=O) groups excluding carboxylic acids is 1. The first-order chi connectivity index (χ1) is 14.6. The number of aliphatic hydroxyl groups excluding tert-OH is 1. The summed E-state index contributed by atoms with van der Waals surface area (Å²) in [6, 6.07) is 2.00. The zero-order chi connectivity index (χ0) is 22.4. The Bertz CT molecular complexity index is 1150. The molecule has 11 heteroatoms. The molecule has 1 aromatic carbocycles. The van der Waals surface area contributed by atoms with E-state index in [0.29, 0.717) is 12.1 Å². The lowest BCUT2D eigenvalue weighted by Gasteiger charge is -2.42. The van der Waals surface area contributed by atoms with Gasteiger partial charge in [0, 0.05) is 31.0 Å². The molecule has 1 aliphatic heterocycles. The van der Waals surface area contributed by atoms with Gasteiger partial charge >= 0.3 is 6.18 Å². The highest BCUT2D eigenvalue weighted by Gasteiger charge is 2.46. The maximum Gasteiger partial charge on any atom is 0.416 e. The minimum Gasteiger partial charge on any atom is -0.388 e. The van der Waals surface area contributed by atoms with Gasteiger partial charge in [-0.15, -0.1) is 0 Å². The lowest BCUT2D eigenvalue weighted by atomic mass is 9.79. The van der Waals surface area contributed by atoms with E-state index in [9.17, 15) is 27.5 Å². The predicted molar refractivity (Wildman–Crippen MR) is 99.7 cm³/mol. The molecule has 1 amide bonds. The van der Waals surface area contributed by atoms with Crippen LogP contribution in [0.15, 0.2) is 36.8 Å². The van der Waals surface area contributed by atoms with Crippen LogP contribution in [0.1, 0.15) is 33.5 Å². The zero-order valence-electron chi connectivity index (χ0n) is 16.3. The maximum atomic E-state index is 14.8. The van der Waals surface area contributed by atoms with E-state index in [0.717, 1.165) is 11.6 Å². The van der Waals surface area contributed by atoms with Crippen LogP contribution in [0, 0.1) is 12.7 Å². The van der Waals surface area contributed by atoms with Gasteiger partial charge in [-0.1, -0.05) is 6.07 Å². The van der Waals surface area contributed by atoms with Gasteiger partial charge in [0.15, 0.2) is 5.65 Å². The molecule has 3 aromatic rings. The number of halogens is 4. The Hall–Kier alpha value is -3.05. The Morgan fingerprint density at radius 1 is 1.35 bits per heavy atom. The number of alkyl halides is 3. The first kappa shape index (κ1) is 21.2. The van der Waals surface area contributed by atoms with Gasteiger partial charge in [-0.25, -0.2) is 13.9 Å². The van der Waals surface area contributed by atoms with Gasteiger partial charge in [0.25, 0.3) is 5.91 Å². The number of nitrogens with one attached hydrogen (secondary N) is 1. The number of aryl methyl sites for hydroxylation is 1. The average Bonchev–Trinajstić information content (AvgIpc) is 3.12. The molecule has 1 aliphatic rings. The second kappa shape index (κ2) is 7.57. The van der Waals surface area contributed by atoms with Crippen LogP contribution in [0.25, 0.3) is 5.65 Å². The van der Waals surface area contributed by atoms with Gasteiger partial charge in [-0.3, -0.25) is 4.79 Å². The molecule has 2 atom stereocenters. The van der Waals surface area contributed by atoms with Crippen molar-refractivity contribution >= 4 is 11.6 Å². The molecule has 4 rings (SSSR count). The second-order valence-corrected chi connectivity index (χ2v) is 7.42. The molecule has 1 saturated heterocycles. The number of fused-ring (bicyclic) bond motifs is 1. The highest BCUT2D eigenvalue weighted by atomic mass is 19.4. The van der Waals surface area contributed by atoms with Gasteiger partial charge in [0.05, 0.1) is 23.9 Å². The molecule has 0 aliphatic carbocycles. The van der Waals surface area contributed by atoms with Crippen molar-refractivity contribution in [3.63, 3.8) is 0 Å². The third-order valence-corrected chi connectivity index (χ3v) is 5.33. The third-order valence-electron chi connectivity index (χ3n) is 5.33. The van der Waals surface area contributed by atoms with Crippen molar-refractivity contribution in [3.8, 4) is 0 Å². The van der Waals surface area contributed by atoms with E-state index in [1.807, 2.05) is 0 Å². The number of hydrogen-bond acceptors (Lipinski definition) is 5. The van der Waals surface area contributed by atoms with Crippen LogP contribution in [0.5, 0.6) is 0 Å². The molecule has 31 heavy (non-hydrogen) atoms. The van der Waals surface area contributed by atoms with Crippen molar-refractivity contribution in [1.29, 1.82) is 0 Å². The summed E-state index contributed by atoms with van der Waals surface area (Å²) in [5, 5.41) is 17.4.